The summed E-state index contributed by atoms with van der Waals surface area (Å²) in [5, 5.41) is 33.1. The number of carbonyl (C=O) groups excluding carboxylic acids is 1. The van der Waals surface area contributed by atoms with Gasteiger partial charge >= 0.3 is 35.5 Å². The van der Waals surface area contributed by atoms with Gasteiger partial charge in [-0.2, -0.15) is 0 Å². The molecule has 0 spiro atoms. The number of imidazole rings is 1. The molecule has 4 N–H and O–H groups in total. The third-order valence-corrected chi connectivity index (χ3v) is 8.29. The molecule has 3 heterocycles. The summed E-state index contributed by atoms with van der Waals surface area (Å²) in [6.45, 7) is 5.16. The van der Waals surface area contributed by atoms with E-state index in [2.05, 4.69) is 9.88 Å². The van der Waals surface area contributed by atoms with E-state index in [0.717, 1.165) is 59.7 Å². The van der Waals surface area contributed by atoms with Gasteiger partial charge in [-0.1, -0.05) is 42.5 Å². The second-order valence-corrected chi connectivity index (χ2v) is 12.0. The minimum absolute atomic E-state index is 0. The zero-order valence-corrected chi connectivity index (χ0v) is 25.7. The van der Waals surface area contributed by atoms with Crippen LogP contribution in [0.1, 0.15) is 79.7 Å². The topological polar surface area (TPSA) is 130 Å². The molecule has 4 aromatic rings. The zero-order valence-electron chi connectivity index (χ0n) is 25.7. The predicted octanol–water partition coefficient (Wildman–Crippen LogP) is 4.88. The standard InChI is InChI=1S/C35H41FN4O5.Na.H/c1-22(2)40-29(16-15-27(41)18-28(42)19-31(43)44)32(24-11-13-25(36)14-12-24)33(23-8-4-3-5-9-23)34(40)35(45)37-20-26-21-39-17-7-6-10-30(39)38-26;;/h3-5,8-9,11-14,21-22,27-28,41-42H,6-7,10,15-20H2,1-2H3,(H,37,45)(H,43,44);;/t27-,28-;;/m1../s1. The number of nitrogens with one attached hydrogen (secondary N) is 1. The van der Waals surface area contributed by atoms with Crippen LogP contribution in [-0.2, 0) is 30.7 Å². The molecule has 0 saturated heterocycles. The number of rotatable bonds is 13. The SMILES string of the molecule is CC(C)n1c(CC[C@@H](O)C[C@@H](O)CC(=O)O)c(-c2ccc(F)cc2)c(-c2ccccc2)c1C(=O)NCc1cn2c(n1)CCCC2.[NaH]. The molecule has 11 heteroatoms. The van der Waals surface area contributed by atoms with E-state index in [1.54, 1.807) is 12.1 Å². The summed E-state index contributed by atoms with van der Waals surface area (Å²) in [6, 6.07) is 15.6. The molecule has 0 unspecified atom stereocenters. The maximum absolute atomic E-state index is 14.3. The molecule has 1 aliphatic rings. The number of carboxylic acid groups (broad SMARTS) is 1. The second kappa shape index (κ2) is 16.0. The van der Waals surface area contributed by atoms with Crippen LogP contribution >= 0.6 is 0 Å². The number of hydrogen-bond acceptors (Lipinski definition) is 5. The van der Waals surface area contributed by atoms with Crippen molar-refractivity contribution in [3.63, 3.8) is 0 Å². The van der Waals surface area contributed by atoms with E-state index in [0.29, 0.717) is 17.7 Å². The number of fused-ring (bicyclic) bond motifs is 1. The summed E-state index contributed by atoms with van der Waals surface area (Å²) in [6.07, 6.45) is 2.99. The Morgan fingerprint density at radius 2 is 1.67 bits per heavy atom. The fourth-order valence-electron chi connectivity index (χ4n) is 6.32. The molecule has 2 aromatic heterocycles. The first kappa shape index (κ1) is 35.6. The van der Waals surface area contributed by atoms with E-state index in [4.69, 9.17) is 10.1 Å². The molecule has 5 rings (SSSR count). The van der Waals surface area contributed by atoms with E-state index in [1.165, 1.54) is 12.1 Å². The zero-order chi connectivity index (χ0) is 32.1. The molecule has 0 saturated carbocycles. The Morgan fingerprint density at radius 3 is 2.33 bits per heavy atom. The van der Waals surface area contributed by atoms with Gasteiger partial charge in [0.1, 0.15) is 17.3 Å². The second-order valence-electron chi connectivity index (χ2n) is 12.0. The predicted molar refractivity (Wildman–Crippen MR) is 176 cm³/mol. The fourth-order valence-corrected chi connectivity index (χ4v) is 6.32. The number of benzene rings is 2. The molecule has 0 radical (unpaired) electrons. The van der Waals surface area contributed by atoms with Gasteiger partial charge in [-0.05, 0) is 69.2 Å². The number of carbonyl (C=O) groups is 2. The first-order valence-corrected chi connectivity index (χ1v) is 15.6. The Hall–Kier alpha value is -3.28. The number of amides is 1. The third kappa shape index (κ3) is 8.35. The van der Waals surface area contributed by atoms with Gasteiger partial charge in [0.05, 0.1) is 30.9 Å². The molecule has 1 amide bonds. The Bertz CT molecular complexity index is 1610. The average molecular weight is 641 g/mol. The summed E-state index contributed by atoms with van der Waals surface area (Å²) in [5.41, 5.74) is 5.04. The molecule has 0 fully saturated rings. The maximum atomic E-state index is 14.3. The molecule has 2 aromatic carbocycles. The molecule has 240 valence electrons. The molecule has 9 nitrogen and oxygen atoms in total. The molecule has 46 heavy (non-hydrogen) atoms. The number of halogens is 1. The van der Waals surface area contributed by atoms with Crippen molar-refractivity contribution < 1.29 is 29.3 Å². The number of nitrogens with zero attached hydrogens (tertiary/aromatic N) is 3. The van der Waals surface area contributed by atoms with Gasteiger partial charge < -0.3 is 29.8 Å². The molecule has 0 bridgehead atoms. The van der Waals surface area contributed by atoms with Gasteiger partial charge in [-0.15, -0.1) is 0 Å². The minimum atomic E-state index is -1.18. The Labute approximate surface area is 290 Å². The molecular formula is C35H42FN4NaO5. The van der Waals surface area contributed by atoms with Gasteiger partial charge in [0.2, 0.25) is 0 Å². The third-order valence-electron chi connectivity index (χ3n) is 8.29. The summed E-state index contributed by atoms with van der Waals surface area (Å²) in [4.78, 5) is 30.0. The summed E-state index contributed by atoms with van der Waals surface area (Å²) >= 11 is 0. The van der Waals surface area contributed by atoms with Crippen molar-refractivity contribution in [1.82, 2.24) is 19.4 Å². The molecule has 0 aliphatic carbocycles. The summed E-state index contributed by atoms with van der Waals surface area (Å²) in [7, 11) is 0. The number of hydrogen-bond donors (Lipinski definition) is 4. The number of aliphatic carboxylic acids is 1. The molecular weight excluding hydrogens is 598 g/mol. The number of aliphatic hydroxyl groups is 2. The van der Waals surface area contributed by atoms with Crippen LogP contribution in [0.3, 0.4) is 0 Å². The van der Waals surface area contributed by atoms with Gasteiger partial charge in [-0.3, -0.25) is 9.59 Å². The van der Waals surface area contributed by atoms with Gasteiger partial charge in [0, 0.05) is 42.0 Å². The van der Waals surface area contributed by atoms with Crippen LogP contribution in [0.4, 0.5) is 4.39 Å². The quantitative estimate of drug-likeness (QED) is 0.154. The van der Waals surface area contributed by atoms with Crippen LogP contribution in [0, 0.1) is 5.82 Å². The monoisotopic (exact) mass is 640 g/mol. The van der Waals surface area contributed by atoms with Crippen LogP contribution < -0.4 is 5.32 Å². The van der Waals surface area contributed by atoms with E-state index in [1.807, 2.05) is 54.9 Å². The van der Waals surface area contributed by atoms with Crippen LogP contribution in [-0.4, -0.2) is 83.1 Å². The van der Waals surface area contributed by atoms with Gasteiger partial charge in [-0.25, -0.2) is 9.37 Å². The van der Waals surface area contributed by atoms with E-state index in [-0.39, 0.29) is 66.7 Å². The van der Waals surface area contributed by atoms with Crippen molar-refractivity contribution in [2.24, 2.45) is 0 Å². The average Bonchev–Trinajstić information content (AvgIpc) is 3.58. The number of carboxylic acids is 1. The Morgan fingerprint density at radius 1 is 0.978 bits per heavy atom. The van der Waals surface area contributed by atoms with E-state index < -0.39 is 24.6 Å². The van der Waals surface area contributed by atoms with Crippen molar-refractivity contribution in [1.29, 1.82) is 0 Å². The first-order chi connectivity index (χ1) is 21.6. The van der Waals surface area contributed by atoms with Crippen molar-refractivity contribution in [3.05, 3.63) is 89.5 Å². The summed E-state index contributed by atoms with van der Waals surface area (Å²) < 4.78 is 18.2. The van der Waals surface area contributed by atoms with Crippen LogP contribution in [0.25, 0.3) is 22.3 Å². The van der Waals surface area contributed by atoms with Gasteiger partial charge in [0.15, 0.2) is 0 Å². The first-order valence-electron chi connectivity index (χ1n) is 15.6. The van der Waals surface area contributed by atoms with Crippen molar-refractivity contribution >= 4 is 41.4 Å². The van der Waals surface area contributed by atoms with E-state index in [9.17, 15) is 24.2 Å². The van der Waals surface area contributed by atoms with Crippen molar-refractivity contribution in [2.75, 3.05) is 0 Å². The van der Waals surface area contributed by atoms with Crippen molar-refractivity contribution in [3.8, 4) is 22.3 Å². The van der Waals surface area contributed by atoms with Crippen LogP contribution in [0.5, 0.6) is 0 Å². The fraction of sp³-hybridized carbons (Fsp3) is 0.400. The van der Waals surface area contributed by atoms with Crippen molar-refractivity contribution in [2.45, 2.75) is 90.1 Å². The molecule has 1 aliphatic heterocycles. The summed E-state index contributed by atoms with van der Waals surface area (Å²) in [5.74, 6) is -0.760. The Balaban J connectivity index is 0.00000480. The number of aromatic nitrogens is 3. The van der Waals surface area contributed by atoms with Gasteiger partial charge in [0.25, 0.3) is 5.91 Å². The number of aryl methyl sites for hydroxylation is 2. The van der Waals surface area contributed by atoms with Crippen LogP contribution in [0.2, 0.25) is 0 Å². The Kier molecular flexibility index (Phi) is 12.4. The normalized spacial score (nSPS) is 14.0. The van der Waals surface area contributed by atoms with E-state index >= 15 is 0 Å². The number of aliphatic hydroxyl groups excluding tert-OH is 2. The molecule has 2 atom stereocenters. The van der Waals surface area contributed by atoms with Crippen LogP contribution in [0.15, 0.2) is 60.8 Å².